The van der Waals surface area contributed by atoms with Crippen molar-refractivity contribution < 1.29 is 4.79 Å². The fraction of sp³-hybridized carbons (Fsp3) is 0.278. The van der Waals surface area contributed by atoms with Crippen LogP contribution in [0.1, 0.15) is 40.9 Å². The summed E-state index contributed by atoms with van der Waals surface area (Å²) in [6.07, 6.45) is 0.987. The SMILES string of the molecule is Cc1cc(Cl)ccc1C(=O)c1cccc(CC(C)C)c1. The maximum absolute atomic E-state index is 12.6. The number of ketones is 1. The average molecular weight is 287 g/mol. The predicted molar refractivity (Wildman–Crippen MR) is 84.6 cm³/mol. The lowest BCUT2D eigenvalue weighted by atomic mass is 9.95. The highest BCUT2D eigenvalue weighted by Crippen LogP contribution is 2.20. The molecular formula is C18H19ClO. The minimum absolute atomic E-state index is 0.0600. The molecule has 20 heavy (non-hydrogen) atoms. The third-order valence-electron chi connectivity index (χ3n) is 3.27. The summed E-state index contributed by atoms with van der Waals surface area (Å²) in [7, 11) is 0. The predicted octanol–water partition coefficient (Wildman–Crippen LogP) is 5.08. The van der Waals surface area contributed by atoms with Gasteiger partial charge in [0.15, 0.2) is 5.78 Å². The Bertz CT molecular complexity index is 629. The van der Waals surface area contributed by atoms with Crippen molar-refractivity contribution in [2.75, 3.05) is 0 Å². The molecule has 0 unspecified atom stereocenters. The number of benzene rings is 2. The Balaban J connectivity index is 2.33. The summed E-state index contributed by atoms with van der Waals surface area (Å²) >= 11 is 5.94. The van der Waals surface area contributed by atoms with Crippen LogP contribution in [0.4, 0.5) is 0 Å². The van der Waals surface area contributed by atoms with Gasteiger partial charge in [0.2, 0.25) is 0 Å². The van der Waals surface area contributed by atoms with E-state index in [2.05, 4.69) is 19.9 Å². The van der Waals surface area contributed by atoms with E-state index in [0.717, 1.165) is 23.1 Å². The van der Waals surface area contributed by atoms with Crippen molar-refractivity contribution in [3.05, 3.63) is 69.7 Å². The molecule has 0 aromatic heterocycles. The van der Waals surface area contributed by atoms with Gasteiger partial charge in [0, 0.05) is 16.1 Å². The summed E-state index contributed by atoms with van der Waals surface area (Å²) in [4.78, 5) is 12.6. The molecule has 0 N–H and O–H groups in total. The van der Waals surface area contributed by atoms with Crippen molar-refractivity contribution in [1.82, 2.24) is 0 Å². The normalized spacial score (nSPS) is 10.8. The first-order valence-electron chi connectivity index (χ1n) is 6.87. The molecule has 2 heteroatoms. The molecule has 0 aliphatic carbocycles. The van der Waals surface area contributed by atoms with Crippen LogP contribution in [0.5, 0.6) is 0 Å². The summed E-state index contributed by atoms with van der Waals surface area (Å²) in [5, 5.41) is 0.660. The lowest BCUT2D eigenvalue weighted by Crippen LogP contribution is -2.05. The summed E-state index contributed by atoms with van der Waals surface area (Å²) < 4.78 is 0. The van der Waals surface area contributed by atoms with Crippen molar-refractivity contribution in [2.45, 2.75) is 27.2 Å². The van der Waals surface area contributed by atoms with Gasteiger partial charge >= 0.3 is 0 Å². The molecule has 0 spiro atoms. The molecule has 2 aromatic rings. The highest BCUT2D eigenvalue weighted by molar-refractivity contribution is 6.30. The minimum atomic E-state index is 0.0600. The van der Waals surface area contributed by atoms with Gasteiger partial charge in [-0.3, -0.25) is 4.79 Å². The Morgan fingerprint density at radius 2 is 1.90 bits per heavy atom. The molecule has 0 saturated carbocycles. The molecule has 1 nitrogen and oxygen atoms in total. The van der Waals surface area contributed by atoms with Gasteiger partial charge in [-0.1, -0.05) is 43.6 Å². The summed E-state index contributed by atoms with van der Waals surface area (Å²) in [5.41, 5.74) is 3.58. The zero-order chi connectivity index (χ0) is 14.7. The molecule has 0 aliphatic heterocycles. The van der Waals surface area contributed by atoms with E-state index in [1.165, 1.54) is 5.56 Å². The number of hydrogen-bond acceptors (Lipinski definition) is 1. The Labute approximate surface area is 125 Å². The van der Waals surface area contributed by atoms with Crippen molar-refractivity contribution in [3.8, 4) is 0 Å². The van der Waals surface area contributed by atoms with Crippen molar-refractivity contribution in [2.24, 2.45) is 5.92 Å². The first kappa shape index (κ1) is 14.8. The van der Waals surface area contributed by atoms with E-state index in [0.29, 0.717) is 10.9 Å². The van der Waals surface area contributed by atoms with Gasteiger partial charge < -0.3 is 0 Å². The molecule has 0 heterocycles. The van der Waals surface area contributed by atoms with Crippen molar-refractivity contribution >= 4 is 17.4 Å². The number of rotatable bonds is 4. The molecule has 104 valence electrons. The van der Waals surface area contributed by atoms with E-state index >= 15 is 0 Å². The molecule has 0 atom stereocenters. The number of hydrogen-bond donors (Lipinski definition) is 0. The Morgan fingerprint density at radius 3 is 2.55 bits per heavy atom. The van der Waals surface area contributed by atoms with Crippen LogP contribution < -0.4 is 0 Å². The van der Waals surface area contributed by atoms with Crippen LogP contribution in [-0.2, 0) is 6.42 Å². The topological polar surface area (TPSA) is 17.1 Å². The molecule has 0 fully saturated rings. The standard InChI is InChI=1S/C18H19ClO/c1-12(2)9-14-5-4-6-15(11-14)18(20)17-8-7-16(19)10-13(17)3/h4-8,10-12H,9H2,1-3H3. The Kier molecular flexibility index (Phi) is 4.61. The fourth-order valence-electron chi connectivity index (χ4n) is 2.35. The Hall–Kier alpha value is -1.60. The summed E-state index contributed by atoms with van der Waals surface area (Å²) in [6.45, 7) is 6.27. The Morgan fingerprint density at radius 1 is 1.15 bits per heavy atom. The molecule has 0 saturated heterocycles. The van der Waals surface area contributed by atoms with E-state index in [1.54, 1.807) is 12.1 Å². The lowest BCUT2D eigenvalue weighted by molar-refractivity contribution is 0.103. The van der Waals surface area contributed by atoms with E-state index in [9.17, 15) is 4.79 Å². The number of carbonyl (C=O) groups is 1. The third kappa shape index (κ3) is 3.49. The minimum Gasteiger partial charge on any atom is -0.289 e. The highest BCUT2D eigenvalue weighted by Gasteiger charge is 2.12. The van der Waals surface area contributed by atoms with Crippen LogP contribution in [0.25, 0.3) is 0 Å². The monoisotopic (exact) mass is 286 g/mol. The van der Waals surface area contributed by atoms with Gasteiger partial charge in [-0.05, 0) is 54.7 Å². The van der Waals surface area contributed by atoms with E-state index in [1.807, 2.05) is 31.2 Å². The van der Waals surface area contributed by atoms with E-state index in [-0.39, 0.29) is 5.78 Å². The highest BCUT2D eigenvalue weighted by atomic mass is 35.5. The molecule has 0 radical (unpaired) electrons. The molecule has 0 amide bonds. The first-order chi connectivity index (χ1) is 9.47. The molecule has 2 rings (SSSR count). The van der Waals surface area contributed by atoms with Gasteiger partial charge in [0.1, 0.15) is 0 Å². The second-order valence-corrected chi connectivity index (χ2v) is 6.02. The maximum Gasteiger partial charge on any atom is 0.193 e. The smallest absolute Gasteiger partial charge is 0.193 e. The second-order valence-electron chi connectivity index (χ2n) is 5.59. The zero-order valence-corrected chi connectivity index (χ0v) is 12.9. The molecule has 0 aliphatic rings. The lowest BCUT2D eigenvalue weighted by Gasteiger charge is -2.09. The van der Waals surface area contributed by atoms with E-state index in [4.69, 9.17) is 11.6 Å². The first-order valence-corrected chi connectivity index (χ1v) is 7.25. The van der Waals surface area contributed by atoms with Gasteiger partial charge in [0.05, 0.1) is 0 Å². The van der Waals surface area contributed by atoms with E-state index < -0.39 is 0 Å². The summed E-state index contributed by atoms with van der Waals surface area (Å²) in [5.74, 6) is 0.641. The van der Waals surface area contributed by atoms with Crippen LogP contribution in [0.2, 0.25) is 5.02 Å². The van der Waals surface area contributed by atoms with Crippen LogP contribution >= 0.6 is 11.6 Å². The molecule has 2 aromatic carbocycles. The summed E-state index contributed by atoms with van der Waals surface area (Å²) in [6, 6.07) is 13.3. The quantitative estimate of drug-likeness (QED) is 0.717. The molecular weight excluding hydrogens is 268 g/mol. The van der Waals surface area contributed by atoms with Gasteiger partial charge in [-0.2, -0.15) is 0 Å². The van der Waals surface area contributed by atoms with Gasteiger partial charge in [0.25, 0.3) is 0 Å². The number of halogens is 1. The average Bonchev–Trinajstić information content (AvgIpc) is 2.37. The second kappa shape index (κ2) is 6.23. The van der Waals surface area contributed by atoms with Crippen molar-refractivity contribution in [1.29, 1.82) is 0 Å². The maximum atomic E-state index is 12.6. The largest absolute Gasteiger partial charge is 0.289 e. The van der Waals surface area contributed by atoms with Gasteiger partial charge in [-0.15, -0.1) is 0 Å². The number of aryl methyl sites for hydroxylation is 1. The van der Waals surface area contributed by atoms with Gasteiger partial charge in [-0.25, -0.2) is 0 Å². The molecule has 0 bridgehead atoms. The fourth-order valence-corrected chi connectivity index (χ4v) is 2.57. The van der Waals surface area contributed by atoms with Crippen molar-refractivity contribution in [3.63, 3.8) is 0 Å². The van der Waals surface area contributed by atoms with Crippen LogP contribution in [-0.4, -0.2) is 5.78 Å². The van der Waals surface area contributed by atoms with Crippen LogP contribution in [0.3, 0.4) is 0 Å². The van der Waals surface area contributed by atoms with Crippen LogP contribution in [0.15, 0.2) is 42.5 Å². The number of carbonyl (C=O) groups excluding carboxylic acids is 1. The van der Waals surface area contributed by atoms with Crippen LogP contribution in [0, 0.1) is 12.8 Å². The third-order valence-corrected chi connectivity index (χ3v) is 3.50. The zero-order valence-electron chi connectivity index (χ0n) is 12.1.